The fourth-order valence-electron chi connectivity index (χ4n) is 1.42. The summed E-state index contributed by atoms with van der Waals surface area (Å²) in [5, 5.41) is 0.788. The van der Waals surface area contributed by atoms with Crippen LogP contribution in [-0.2, 0) is 6.54 Å². The Morgan fingerprint density at radius 1 is 1.36 bits per heavy atom. The van der Waals surface area contributed by atoms with E-state index in [1.54, 1.807) is 0 Å². The second-order valence-electron chi connectivity index (χ2n) is 3.76. The quantitative estimate of drug-likeness (QED) is 0.688. The van der Waals surface area contributed by atoms with Crippen LogP contribution in [0.1, 0.15) is 12.5 Å². The van der Waals surface area contributed by atoms with Gasteiger partial charge in [0.2, 0.25) is 0 Å². The van der Waals surface area contributed by atoms with Crippen molar-refractivity contribution >= 4 is 11.6 Å². The van der Waals surface area contributed by atoms with Crippen molar-refractivity contribution < 1.29 is 0 Å². The molecule has 0 saturated heterocycles. The Hall–Kier alpha value is -0.790. The van der Waals surface area contributed by atoms with E-state index in [0.29, 0.717) is 0 Å². The van der Waals surface area contributed by atoms with Gasteiger partial charge in [0.25, 0.3) is 0 Å². The third-order valence-electron chi connectivity index (χ3n) is 1.91. The Bertz CT molecular complexity index is 303. The number of halogens is 1. The molecule has 0 radical (unpaired) electrons. The molecule has 2 heteroatoms. The molecule has 0 aliphatic heterocycles. The molecular formula is C12H16ClN. The van der Waals surface area contributed by atoms with E-state index < -0.39 is 0 Å². The third-order valence-corrected chi connectivity index (χ3v) is 2.16. The molecule has 0 unspecified atom stereocenters. The van der Waals surface area contributed by atoms with Crippen LogP contribution in [-0.4, -0.2) is 18.5 Å². The number of rotatable bonds is 4. The molecule has 0 heterocycles. The molecule has 0 N–H and O–H groups in total. The Morgan fingerprint density at radius 2 is 1.93 bits per heavy atom. The maximum atomic E-state index is 5.80. The summed E-state index contributed by atoms with van der Waals surface area (Å²) in [7, 11) is 2.09. The average Bonchev–Trinajstić information content (AvgIpc) is 2.07. The van der Waals surface area contributed by atoms with Gasteiger partial charge in [0, 0.05) is 18.1 Å². The fraction of sp³-hybridized carbons (Fsp3) is 0.333. The zero-order chi connectivity index (χ0) is 10.6. The molecule has 0 saturated carbocycles. The van der Waals surface area contributed by atoms with Crippen LogP contribution in [0.3, 0.4) is 0 Å². The van der Waals surface area contributed by atoms with Gasteiger partial charge >= 0.3 is 0 Å². The molecule has 0 fully saturated rings. The normalized spacial score (nSPS) is 10.6. The van der Waals surface area contributed by atoms with Gasteiger partial charge in [-0.2, -0.15) is 0 Å². The van der Waals surface area contributed by atoms with Gasteiger partial charge in [-0.3, -0.25) is 4.90 Å². The second kappa shape index (κ2) is 5.18. The number of hydrogen-bond acceptors (Lipinski definition) is 1. The molecule has 0 aliphatic rings. The summed E-state index contributed by atoms with van der Waals surface area (Å²) in [6, 6.07) is 7.95. The fourth-order valence-corrected chi connectivity index (χ4v) is 1.54. The molecule has 14 heavy (non-hydrogen) atoms. The molecule has 1 aromatic rings. The zero-order valence-corrected chi connectivity index (χ0v) is 9.51. The zero-order valence-electron chi connectivity index (χ0n) is 8.76. The molecule has 1 rings (SSSR count). The van der Waals surface area contributed by atoms with Crippen molar-refractivity contribution in [2.24, 2.45) is 0 Å². The summed E-state index contributed by atoms with van der Waals surface area (Å²) >= 11 is 5.80. The van der Waals surface area contributed by atoms with E-state index in [0.717, 1.165) is 18.1 Å². The topological polar surface area (TPSA) is 3.24 Å². The smallest absolute Gasteiger partial charge is 0.0406 e. The standard InChI is InChI=1S/C12H16ClN/c1-10(2)8-14(3)9-11-4-6-12(13)7-5-11/h4-7H,1,8-9H2,2-3H3. The maximum Gasteiger partial charge on any atom is 0.0406 e. The van der Waals surface area contributed by atoms with Crippen LogP contribution in [0.4, 0.5) is 0 Å². The minimum Gasteiger partial charge on any atom is -0.298 e. The lowest BCUT2D eigenvalue weighted by Gasteiger charge is -2.16. The van der Waals surface area contributed by atoms with Crippen LogP contribution in [0, 0.1) is 0 Å². The highest BCUT2D eigenvalue weighted by atomic mass is 35.5. The van der Waals surface area contributed by atoms with Crippen LogP contribution in [0.5, 0.6) is 0 Å². The highest BCUT2D eigenvalue weighted by Gasteiger charge is 1.99. The predicted molar refractivity (Wildman–Crippen MR) is 62.6 cm³/mol. The molecule has 0 aliphatic carbocycles. The number of nitrogens with zero attached hydrogens (tertiary/aromatic N) is 1. The lowest BCUT2D eigenvalue weighted by Crippen LogP contribution is -2.19. The maximum absolute atomic E-state index is 5.80. The molecule has 0 spiro atoms. The van der Waals surface area contributed by atoms with Gasteiger partial charge in [-0.05, 0) is 31.7 Å². The summed E-state index contributed by atoms with van der Waals surface area (Å²) in [6.45, 7) is 7.80. The highest BCUT2D eigenvalue weighted by Crippen LogP contribution is 2.11. The number of likely N-dealkylation sites (N-methyl/N-ethyl adjacent to an activating group) is 1. The van der Waals surface area contributed by atoms with E-state index in [9.17, 15) is 0 Å². The first-order valence-electron chi connectivity index (χ1n) is 4.65. The van der Waals surface area contributed by atoms with Crippen LogP contribution < -0.4 is 0 Å². The predicted octanol–water partition coefficient (Wildman–Crippen LogP) is 3.35. The SMILES string of the molecule is C=C(C)CN(C)Cc1ccc(Cl)cc1. The first-order valence-corrected chi connectivity index (χ1v) is 5.03. The molecule has 1 aromatic carbocycles. The number of hydrogen-bond donors (Lipinski definition) is 0. The van der Waals surface area contributed by atoms with Crippen LogP contribution in [0.25, 0.3) is 0 Å². The van der Waals surface area contributed by atoms with Crippen molar-refractivity contribution in [1.29, 1.82) is 0 Å². The molecule has 0 aromatic heterocycles. The molecule has 1 nitrogen and oxygen atoms in total. The van der Waals surface area contributed by atoms with Crippen molar-refractivity contribution in [1.82, 2.24) is 4.90 Å². The van der Waals surface area contributed by atoms with Gasteiger partial charge in [-0.25, -0.2) is 0 Å². The lowest BCUT2D eigenvalue weighted by molar-refractivity contribution is 0.355. The van der Waals surface area contributed by atoms with E-state index in [-0.39, 0.29) is 0 Å². The molecule has 0 atom stereocenters. The van der Waals surface area contributed by atoms with Crippen molar-refractivity contribution in [3.05, 3.63) is 47.0 Å². The monoisotopic (exact) mass is 209 g/mol. The molecule has 0 amide bonds. The average molecular weight is 210 g/mol. The van der Waals surface area contributed by atoms with E-state index in [2.05, 4.69) is 30.7 Å². The lowest BCUT2D eigenvalue weighted by atomic mass is 10.2. The van der Waals surface area contributed by atoms with Crippen LogP contribution >= 0.6 is 11.6 Å². The first kappa shape index (κ1) is 11.3. The van der Waals surface area contributed by atoms with Crippen molar-refractivity contribution in [3.63, 3.8) is 0 Å². The summed E-state index contributed by atoms with van der Waals surface area (Å²) in [5.74, 6) is 0. The van der Waals surface area contributed by atoms with Crippen LogP contribution in [0.2, 0.25) is 5.02 Å². The van der Waals surface area contributed by atoms with E-state index in [1.807, 2.05) is 19.1 Å². The van der Waals surface area contributed by atoms with Gasteiger partial charge < -0.3 is 0 Å². The Kier molecular flexibility index (Phi) is 4.18. The van der Waals surface area contributed by atoms with Crippen LogP contribution in [0.15, 0.2) is 36.4 Å². The highest BCUT2D eigenvalue weighted by molar-refractivity contribution is 6.30. The largest absolute Gasteiger partial charge is 0.298 e. The molecular weight excluding hydrogens is 194 g/mol. The third kappa shape index (κ3) is 3.95. The second-order valence-corrected chi connectivity index (χ2v) is 4.19. The first-order chi connectivity index (χ1) is 6.58. The molecule has 0 bridgehead atoms. The van der Waals surface area contributed by atoms with Crippen molar-refractivity contribution in [2.45, 2.75) is 13.5 Å². The van der Waals surface area contributed by atoms with Gasteiger partial charge in [0.05, 0.1) is 0 Å². The van der Waals surface area contributed by atoms with E-state index in [4.69, 9.17) is 11.6 Å². The Labute approximate surface area is 91.0 Å². The minimum absolute atomic E-state index is 0.788. The summed E-state index contributed by atoms with van der Waals surface area (Å²) < 4.78 is 0. The summed E-state index contributed by atoms with van der Waals surface area (Å²) in [4.78, 5) is 2.23. The Morgan fingerprint density at radius 3 is 2.43 bits per heavy atom. The minimum atomic E-state index is 0.788. The van der Waals surface area contributed by atoms with E-state index >= 15 is 0 Å². The molecule has 76 valence electrons. The summed E-state index contributed by atoms with van der Waals surface area (Å²) in [6.07, 6.45) is 0. The van der Waals surface area contributed by atoms with Gasteiger partial charge in [-0.15, -0.1) is 0 Å². The Balaban J connectivity index is 2.51. The van der Waals surface area contributed by atoms with Gasteiger partial charge in [0.1, 0.15) is 0 Å². The summed E-state index contributed by atoms with van der Waals surface area (Å²) in [5.41, 5.74) is 2.46. The van der Waals surface area contributed by atoms with E-state index in [1.165, 1.54) is 11.1 Å². The van der Waals surface area contributed by atoms with Crippen molar-refractivity contribution in [2.75, 3.05) is 13.6 Å². The van der Waals surface area contributed by atoms with Crippen molar-refractivity contribution in [3.8, 4) is 0 Å². The van der Waals surface area contributed by atoms with Gasteiger partial charge in [0.15, 0.2) is 0 Å². The number of benzene rings is 1. The van der Waals surface area contributed by atoms with Gasteiger partial charge in [-0.1, -0.05) is 35.9 Å².